The van der Waals surface area contributed by atoms with Gasteiger partial charge >= 0.3 is 0 Å². The van der Waals surface area contributed by atoms with E-state index in [1.165, 1.54) is 0 Å². The zero-order valence-electron chi connectivity index (χ0n) is 17.5. The normalized spacial score (nSPS) is 10.6. The van der Waals surface area contributed by atoms with Crippen LogP contribution in [-0.2, 0) is 6.54 Å². The molecule has 7 nitrogen and oxygen atoms in total. The average molecular weight is 430 g/mol. The molecule has 0 atom stereocenters. The number of carbonyl (C=O) groups excluding carboxylic acids is 1. The summed E-state index contributed by atoms with van der Waals surface area (Å²) in [5, 5.41) is 17.1. The van der Waals surface area contributed by atoms with E-state index < -0.39 is 0 Å². The lowest BCUT2D eigenvalue weighted by molar-refractivity contribution is 0.102. The van der Waals surface area contributed by atoms with Gasteiger partial charge in [-0.2, -0.15) is 10.4 Å². The largest absolute Gasteiger partial charge is 0.322 e. The molecule has 0 unspecified atom stereocenters. The summed E-state index contributed by atoms with van der Waals surface area (Å²) >= 11 is 0. The maximum Gasteiger partial charge on any atom is 0.256 e. The van der Waals surface area contributed by atoms with Gasteiger partial charge < -0.3 is 5.32 Å². The van der Waals surface area contributed by atoms with Gasteiger partial charge in [-0.05, 0) is 48.0 Å². The van der Waals surface area contributed by atoms with Crippen molar-refractivity contribution >= 4 is 22.6 Å². The number of nitrogens with one attached hydrogen (secondary N) is 1. The van der Waals surface area contributed by atoms with Crippen LogP contribution in [0.2, 0.25) is 0 Å². The van der Waals surface area contributed by atoms with Crippen molar-refractivity contribution in [3.05, 3.63) is 108 Å². The van der Waals surface area contributed by atoms with Crippen LogP contribution in [-0.4, -0.2) is 25.7 Å². The minimum atomic E-state index is -0.271. The van der Waals surface area contributed by atoms with Crippen LogP contribution in [0, 0.1) is 11.3 Å². The van der Waals surface area contributed by atoms with Crippen LogP contribution in [0.15, 0.2) is 91.4 Å². The molecule has 1 amide bonds. The summed E-state index contributed by atoms with van der Waals surface area (Å²) in [6.45, 7) is 0.508. The number of hydrogen-bond donors (Lipinski definition) is 1. The second-order valence-corrected chi connectivity index (χ2v) is 7.46. The van der Waals surface area contributed by atoms with Crippen molar-refractivity contribution in [1.29, 1.82) is 5.26 Å². The first-order chi connectivity index (χ1) is 16.2. The number of benzene rings is 2. The van der Waals surface area contributed by atoms with E-state index >= 15 is 0 Å². The zero-order chi connectivity index (χ0) is 22.6. The van der Waals surface area contributed by atoms with Crippen LogP contribution < -0.4 is 5.32 Å². The van der Waals surface area contributed by atoms with E-state index in [2.05, 4.69) is 21.5 Å². The lowest BCUT2D eigenvalue weighted by atomic mass is 10.1. The molecule has 0 fully saturated rings. The highest BCUT2D eigenvalue weighted by Crippen LogP contribution is 2.26. The van der Waals surface area contributed by atoms with Crippen molar-refractivity contribution in [2.24, 2.45) is 0 Å². The second-order valence-electron chi connectivity index (χ2n) is 7.46. The summed E-state index contributed by atoms with van der Waals surface area (Å²) in [6.07, 6.45) is 5.15. The Hall–Kier alpha value is -4.83. The van der Waals surface area contributed by atoms with Gasteiger partial charge in [-0.1, -0.05) is 30.3 Å². The molecular weight excluding hydrogens is 412 g/mol. The number of nitriles is 1. The van der Waals surface area contributed by atoms with E-state index in [1.54, 1.807) is 53.6 Å². The first-order valence-corrected chi connectivity index (χ1v) is 10.3. The molecule has 0 bridgehead atoms. The van der Waals surface area contributed by atoms with Crippen molar-refractivity contribution in [3.8, 4) is 17.3 Å². The molecule has 33 heavy (non-hydrogen) atoms. The molecule has 0 spiro atoms. The lowest BCUT2D eigenvalue weighted by Gasteiger charge is -2.10. The Kier molecular flexibility index (Phi) is 5.32. The number of fused-ring (bicyclic) bond motifs is 1. The van der Waals surface area contributed by atoms with E-state index in [-0.39, 0.29) is 5.91 Å². The molecule has 7 heteroatoms. The smallest absolute Gasteiger partial charge is 0.256 e. The fourth-order valence-corrected chi connectivity index (χ4v) is 3.60. The summed E-state index contributed by atoms with van der Waals surface area (Å²) < 4.78 is 1.79. The summed E-state index contributed by atoms with van der Waals surface area (Å²) in [5.74, 6) is -0.271. The second kappa shape index (κ2) is 8.73. The van der Waals surface area contributed by atoms with Crippen molar-refractivity contribution in [3.63, 3.8) is 0 Å². The molecule has 158 valence electrons. The SMILES string of the molecule is N#Cc1ccc(NC(=O)c2cc(-c3ccccc3)nc3c2cnn3Cc2ccncc2)cc1. The monoisotopic (exact) mass is 430 g/mol. The minimum absolute atomic E-state index is 0.271. The molecule has 5 aromatic rings. The quantitative estimate of drug-likeness (QED) is 0.437. The molecule has 2 aromatic carbocycles. The predicted octanol–water partition coefficient (Wildman–Crippen LogP) is 4.67. The predicted molar refractivity (Wildman–Crippen MR) is 125 cm³/mol. The Morgan fingerprint density at radius 2 is 1.76 bits per heavy atom. The highest BCUT2D eigenvalue weighted by molar-refractivity contribution is 6.12. The third kappa shape index (κ3) is 4.18. The highest BCUT2D eigenvalue weighted by Gasteiger charge is 2.18. The molecule has 0 saturated carbocycles. The zero-order valence-corrected chi connectivity index (χ0v) is 17.5. The van der Waals surface area contributed by atoms with Gasteiger partial charge in [0.15, 0.2) is 5.65 Å². The van der Waals surface area contributed by atoms with Gasteiger partial charge in [0.2, 0.25) is 0 Å². The number of hydrogen-bond acceptors (Lipinski definition) is 5. The van der Waals surface area contributed by atoms with Gasteiger partial charge in [0.05, 0.1) is 41.0 Å². The number of pyridine rings is 2. The molecule has 5 rings (SSSR count). The van der Waals surface area contributed by atoms with E-state index in [4.69, 9.17) is 10.2 Å². The molecule has 0 aliphatic heterocycles. The van der Waals surface area contributed by atoms with Gasteiger partial charge in [-0.3, -0.25) is 9.78 Å². The summed E-state index contributed by atoms with van der Waals surface area (Å²) in [4.78, 5) is 22.2. The first kappa shape index (κ1) is 20.1. The molecule has 0 aliphatic carbocycles. The highest BCUT2D eigenvalue weighted by atomic mass is 16.1. The number of nitrogens with zero attached hydrogens (tertiary/aromatic N) is 5. The number of carbonyl (C=O) groups is 1. The maximum atomic E-state index is 13.3. The van der Waals surface area contributed by atoms with E-state index in [9.17, 15) is 4.79 Å². The molecular formula is C26H18N6O. The molecule has 1 N–H and O–H groups in total. The Bertz CT molecular complexity index is 1470. The van der Waals surface area contributed by atoms with Crippen molar-refractivity contribution in [2.75, 3.05) is 5.32 Å². The Labute approximate surface area is 190 Å². The summed E-state index contributed by atoms with van der Waals surface area (Å²) in [7, 11) is 0. The number of amides is 1. The van der Waals surface area contributed by atoms with Crippen LogP contribution in [0.25, 0.3) is 22.3 Å². The van der Waals surface area contributed by atoms with Gasteiger partial charge in [0, 0.05) is 23.6 Å². The summed E-state index contributed by atoms with van der Waals surface area (Å²) in [6, 6.07) is 24.2. The summed E-state index contributed by atoms with van der Waals surface area (Å²) in [5.41, 5.74) is 4.86. The molecule has 0 aliphatic rings. The topological polar surface area (TPSA) is 96.5 Å². The standard InChI is InChI=1S/C26H18N6O/c27-15-18-6-8-21(9-7-18)30-26(33)22-14-24(20-4-2-1-3-5-20)31-25-23(22)16-29-32(25)17-19-10-12-28-13-11-19/h1-14,16H,17H2,(H,30,33). The Morgan fingerprint density at radius 3 is 2.48 bits per heavy atom. The number of aromatic nitrogens is 4. The molecule has 0 radical (unpaired) electrons. The van der Waals surface area contributed by atoms with E-state index in [0.717, 1.165) is 11.1 Å². The third-order valence-electron chi connectivity index (χ3n) is 5.28. The van der Waals surface area contributed by atoms with Crippen LogP contribution >= 0.6 is 0 Å². The van der Waals surface area contributed by atoms with Crippen LogP contribution in [0.4, 0.5) is 5.69 Å². The molecule has 3 aromatic heterocycles. The lowest BCUT2D eigenvalue weighted by Crippen LogP contribution is -2.13. The third-order valence-corrected chi connectivity index (χ3v) is 5.28. The minimum Gasteiger partial charge on any atom is -0.322 e. The van der Waals surface area contributed by atoms with Crippen LogP contribution in [0.1, 0.15) is 21.5 Å². The van der Waals surface area contributed by atoms with Crippen LogP contribution in [0.3, 0.4) is 0 Å². The van der Waals surface area contributed by atoms with Crippen LogP contribution in [0.5, 0.6) is 0 Å². The van der Waals surface area contributed by atoms with E-state index in [1.807, 2.05) is 42.5 Å². The van der Waals surface area contributed by atoms with Crippen molar-refractivity contribution in [2.45, 2.75) is 6.54 Å². The Balaban J connectivity index is 1.58. The number of rotatable bonds is 5. The van der Waals surface area contributed by atoms with Gasteiger partial charge in [0.25, 0.3) is 5.91 Å². The van der Waals surface area contributed by atoms with Crippen molar-refractivity contribution < 1.29 is 4.79 Å². The van der Waals surface area contributed by atoms with Gasteiger partial charge in [-0.15, -0.1) is 0 Å². The maximum absolute atomic E-state index is 13.3. The number of anilines is 1. The Morgan fingerprint density at radius 1 is 1.00 bits per heavy atom. The molecule has 3 heterocycles. The average Bonchev–Trinajstić information content (AvgIpc) is 3.27. The molecule has 0 saturated heterocycles. The van der Waals surface area contributed by atoms with Gasteiger partial charge in [0.1, 0.15) is 0 Å². The fraction of sp³-hybridized carbons (Fsp3) is 0.0385. The van der Waals surface area contributed by atoms with Crippen molar-refractivity contribution in [1.82, 2.24) is 19.7 Å². The van der Waals surface area contributed by atoms with Gasteiger partial charge in [-0.25, -0.2) is 9.67 Å². The first-order valence-electron chi connectivity index (χ1n) is 10.3. The van der Waals surface area contributed by atoms with E-state index in [0.29, 0.717) is 40.1 Å². The fourth-order valence-electron chi connectivity index (χ4n) is 3.60.